The van der Waals surface area contributed by atoms with E-state index in [2.05, 4.69) is 5.32 Å². The third-order valence-electron chi connectivity index (χ3n) is 3.12. The number of nitrogens with zero attached hydrogens (tertiary/aromatic N) is 1. The van der Waals surface area contributed by atoms with Gasteiger partial charge in [0, 0.05) is 12.2 Å². The van der Waals surface area contributed by atoms with Crippen molar-refractivity contribution >= 4 is 5.69 Å². The average Bonchev–Trinajstić information content (AvgIpc) is 3.18. The summed E-state index contributed by atoms with van der Waals surface area (Å²) in [5, 5.41) is 21.0. The van der Waals surface area contributed by atoms with Crippen LogP contribution in [0.3, 0.4) is 0 Å². The number of halogens is 3. The highest BCUT2D eigenvalue weighted by Crippen LogP contribution is 2.36. The second-order valence-corrected chi connectivity index (χ2v) is 4.66. The van der Waals surface area contributed by atoms with Gasteiger partial charge < -0.3 is 10.4 Å². The molecule has 6 heteroatoms. The summed E-state index contributed by atoms with van der Waals surface area (Å²) in [5.74, 6) is 0.181. The van der Waals surface area contributed by atoms with E-state index in [1.54, 1.807) is 6.07 Å². The Labute approximate surface area is 108 Å². The van der Waals surface area contributed by atoms with Gasteiger partial charge in [0.15, 0.2) is 0 Å². The fraction of sp³-hybridized carbons (Fsp3) is 0.462. The highest BCUT2D eigenvalue weighted by molar-refractivity contribution is 5.57. The normalized spacial score (nSPS) is 16.8. The molecule has 1 aromatic rings. The van der Waals surface area contributed by atoms with Gasteiger partial charge in [0.25, 0.3) is 0 Å². The molecular formula is C13H13F3N2O. The molecule has 0 aliphatic heterocycles. The molecule has 0 saturated heterocycles. The van der Waals surface area contributed by atoms with E-state index in [0.717, 1.165) is 31.0 Å². The fourth-order valence-corrected chi connectivity index (χ4v) is 1.87. The van der Waals surface area contributed by atoms with E-state index >= 15 is 0 Å². The number of nitriles is 1. The molecule has 3 nitrogen and oxygen atoms in total. The molecule has 1 aromatic carbocycles. The Morgan fingerprint density at radius 3 is 2.63 bits per heavy atom. The molecule has 0 aromatic heterocycles. The number of hydrogen-bond acceptors (Lipinski definition) is 3. The maximum Gasteiger partial charge on any atom is 0.418 e. The summed E-state index contributed by atoms with van der Waals surface area (Å²) >= 11 is 0. The summed E-state index contributed by atoms with van der Waals surface area (Å²) in [6.45, 7) is 0.0582. The van der Waals surface area contributed by atoms with Crippen molar-refractivity contribution in [1.82, 2.24) is 0 Å². The lowest BCUT2D eigenvalue weighted by atomic mass is 10.1. The maximum absolute atomic E-state index is 12.8. The molecule has 102 valence electrons. The zero-order valence-corrected chi connectivity index (χ0v) is 10.0. The molecule has 1 atom stereocenters. The highest BCUT2D eigenvalue weighted by atomic mass is 19.4. The molecule has 1 fully saturated rings. The number of alkyl halides is 3. The Morgan fingerprint density at radius 2 is 2.11 bits per heavy atom. The van der Waals surface area contributed by atoms with E-state index in [1.807, 2.05) is 0 Å². The quantitative estimate of drug-likeness (QED) is 0.884. The van der Waals surface area contributed by atoms with Gasteiger partial charge in [0.05, 0.1) is 23.3 Å². The molecule has 2 rings (SSSR count). The van der Waals surface area contributed by atoms with Crippen molar-refractivity contribution in [3.63, 3.8) is 0 Å². The molecule has 1 aliphatic rings. The van der Waals surface area contributed by atoms with Crippen molar-refractivity contribution in [2.75, 3.05) is 11.9 Å². The number of hydrogen-bond donors (Lipinski definition) is 2. The van der Waals surface area contributed by atoms with Crippen molar-refractivity contribution in [2.24, 2.45) is 5.92 Å². The molecular weight excluding hydrogens is 257 g/mol. The molecule has 0 bridgehead atoms. The summed E-state index contributed by atoms with van der Waals surface area (Å²) in [5.41, 5.74) is -0.836. The molecule has 19 heavy (non-hydrogen) atoms. The van der Waals surface area contributed by atoms with Crippen LogP contribution in [0.1, 0.15) is 24.0 Å². The van der Waals surface area contributed by atoms with Crippen LogP contribution in [0.4, 0.5) is 18.9 Å². The molecule has 0 amide bonds. The first kappa shape index (κ1) is 13.7. The largest absolute Gasteiger partial charge is 0.418 e. The summed E-state index contributed by atoms with van der Waals surface area (Å²) < 4.78 is 38.4. The first-order valence-corrected chi connectivity index (χ1v) is 5.95. The predicted octanol–water partition coefficient (Wildman–Crippen LogP) is 2.76. The first-order valence-electron chi connectivity index (χ1n) is 5.95. The fourth-order valence-electron chi connectivity index (χ4n) is 1.87. The number of rotatable bonds is 4. The van der Waals surface area contributed by atoms with E-state index in [-0.39, 0.29) is 23.7 Å². The zero-order valence-electron chi connectivity index (χ0n) is 10.0. The third kappa shape index (κ3) is 3.38. The van der Waals surface area contributed by atoms with Gasteiger partial charge >= 0.3 is 6.18 Å². The van der Waals surface area contributed by atoms with Crippen molar-refractivity contribution < 1.29 is 18.3 Å². The number of aliphatic hydroxyl groups is 1. The van der Waals surface area contributed by atoms with E-state index < -0.39 is 17.8 Å². The Kier molecular flexibility index (Phi) is 3.67. The maximum atomic E-state index is 12.8. The topological polar surface area (TPSA) is 56.0 Å². The minimum Gasteiger partial charge on any atom is -0.391 e. The van der Waals surface area contributed by atoms with Crippen LogP contribution in [0.25, 0.3) is 0 Å². The Morgan fingerprint density at radius 1 is 1.42 bits per heavy atom. The van der Waals surface area contributed by atoms with Crippen LogP contribution in [-0.2, 0) is 6.18 Å². The Hall–Kier alpha value is -1.74. The number of nitrogens with one attached hydrogen (secondary N) is 1. The third-order valence-corrected chi connectivity index (χ3v) is 3.12. The second kappa shape index (κ2) is 5.10. The lowest BCUT2D eigenvalue weighted by molar-refractivity contribution is -0.137. The van der Waals surface area contributed by atoms with E-state index in [1.165, 1.54) is 0 Å². The van der Waals surface area contributed by atoms with E-state index in [0.29, 0.717) is 0 Å². The van der Waals surface area contributed by atoms with Crippen LogP contribution in [0.2, 0.25) is 0 Å². The van der Waals surface area contributed by atoms with Crippen molar-refractivity contribution in [1.29, 1.82) is 5.26 Å². The van der Waals surface area contributed by atoms with Gasteiger partial charge in [-0.1, -0.05) is 0 Å². The van der Waals surface area contributed by atoms with E-state index in [9.17, 15) is 18.3 Å². The standard InChI is InChI=1S/C13H13F3N2O/c14-13(15,16)10-4-1-8(6-17)5-11(10)18-7-12(19)9-2-3-9/h1,4-5,9,12,18-19H,2-3,7H2. The number of anilines is 1. The van der Waals surface area contributed by atoms with Crippen LogP contribution >= 0.6 is 0 Å². The number of aliphatic hydroxyl groups excluding tert-OH is 1. The molecule has 2 N–H and O–H groups in total. The van der Waals surface area contributed by atoms with Crippen LogP contribution in [0, 0.1) is 17.2 Å². The SMILES string of the molecule is N#Cc1ccc(C(F)(F)F)c(NCC(O)C2CC2)c1. The molecule has 0 spiro atoms. The minimum absolute atomic E-state index is 0.0582. The van der Waals surface area contributed by atoms with Crippen LogP contribution < -0.4 is 5.32 Å². The van der Waals surface area contributed by atoms with Gasteiger partial charge in [-0.15, -0.1) is 0 Å². The predicted molar refractivity (Wildman–Crippen MR) is 63.4 cm³/mol. The van der Waals surface area contributed by atoms with Gasteiger partial charge in [-0.05, 0) is 37.0 Å². The van der Waals surface area contributed by atoms with Crippen LogP contribution in [0.5, 0.6) is 0 Å². The van der Waals surface area contributed by atoms with Crippen LogP contribution in [-0.4, -0.2) is 17.8 Å². The molecule has 1 saturated carbocycles. The second-order valence-electron chi connectivity index (χ2n) is 4.66. The molecule has 1 unspecified atom stereocenters. The zero-order chi connectivity index (χ0) is 14.0. The van der Waals surface area contributed by atoms with Gasteiger partial charge in [0.2, 0.25) is 0 Å². The van der Waals surface area contributed by atoms with Crippen molar-refractivity contribution in [3.8, 4) is 6.07 Å². The summed E-state index contributed by atoms with van der Waals surface area (Å²) in [6.07, 6.45) is -3.31. The van der Waals surface area contributed by atoms with Gasteiger partial charge in [-0.25, -0.2) is 0 Å². The molecule has 0 radical (unpaired) electrons. The van der Waals surface area contributed by atoms with Gasteiger partial charge in [-0.2, -0.15) is 18.4 Å². The van der Waals surface area contributed by atoms with Gasteiger partial charge in [0.1, 0.15) is 0 Å². The first-order chi connectivity index (χ1) is 8.91. The van der Waals surface area contributed by atoms with Crippen molar-refractivity contribution in [3.05, 3.63) is 29.3 Å². The van der Waals surface area contributed by atoms with Crippen LogP contribution in [0.15, 0.2) is 18.2 Å². The smallest absolute Gasteiger partial charge is 0.391 e. The van der Waals surface area contributed by atoms with Crippen molar-refractivity contribution in [2.45, 2.75) is 25.1 Å². The number of benzene rings is 1. The minimum atomic E-state index is -4.49. The Balaban J connectivity index is 2.17. The van der Waals surface area contributed by atoms with E-state index in [4.69, 9.17) is 5.26 Å². The lowest BCUT2D eigenvalue weighted by Crippen LogP contribution is -2.23. The lowest BCUT2D eigenvalue weighted by Gasteiger charge is -2.17. The monoisotopic (exact) mass is 270 g/mol. The summed E-state index contributed by atoms with van der Waals surface area (Å²) in [4.78, 5) is 0. The average molecular weight is 270 g/mol. The summed E-state index contributed by atoms with van der Waals surface area (Å²) in [7, 11) is 0. The van der Waals surface area contributed by atoms with Gasteiger partial charge in [-0.3, -0.25) is 0 Å². The summed E-state index contributed by atoms with van der Waals surface area (Å²) in [6, 6.07) is 4.96. The highest BCUT2D eigenvalue weighted by Gasteiger charge is 2.34. The molecule has 0 heterocycles. The Bertz CT molecular complexity index is 504. The molecule has 1 aliphatic carbocycles.